The van der Waals surface area contributed by atoms with Crippen LogP contribution in [0, 0.1) is 13.8 Å². The van der Waals surface area contributed by atoms with Crippen LogP contribution in [0.4, 0.5) is 0 Å². The van der Waals surface area contributed by atoms with Gasteiger partial charge in [-0.2, -0.15) is 5.10 Å². The van der Waals surface area contributed by atoms with E-state index in [-0.39, 0.29) is 24.0 Å². The lowest BCUT2D eigenvalue weighted by molar-refractivity contribution is 0.346. The van der Waals surface area contributed by atoms with Crippen molar-refractivity contribution in [3.8, 4) is 17.3 Å². The fourth-order valence-electron chi connectivity index (χ4n) is 4.15. The Morgan fingerprint density at radius 1 is 1.09 bits per heavy atom. The topological polar surface area (TPSA) is 76.8 Å². The van der Waals surface area contributed by atoms with Crippen LogP contribution in [0.25, 0.3) is 5.82 Å². The Bertz CT molecular complexity index is 1140. The lowest BCUT2D eigenvalue weighted by Crippen LogP contribution is -2.44. The zero-order valence-corrected chi connectivity index (χ0v) is 22.8. The zero-order chi connectivity index (χ0) is 23.4. The molecule has 0 bridgehead atoms. The summed E-state index contributed by atoms with van der Waals surface area (Å²) >= 11 is 0. The SMILES string of the molecule is CCNC(=NCc1ccc(-n2nc(C)cc2C)nc1)N1CCc2cc(OC)c(OC)cc2C1.I. The second kappa shape index (κ2) is 11.5. The van der Waals surface area contributed by atoms with Gasteiger partial charge in [0, 0.05) is 31.5 Å². The van der Waals surface area contributed by atoms with Gasteiger partial charge >= 0.3 is 0 Å². The first-order chi connectivity index (χ1) is 16.0. The molecule has 0 aliphatic carbocycles. The average molecular weight is 576 g/mol. The number of nitrogens with one attached hydrogen (secondary N) is 1. The summed E-state index contributed by atoms with van der Waals surface area (Å²) in [4.78, 5) is 11.8. The Labute approximate surface area is 218 Å². The van der Waals surface area contributed by atoms with Gasteiger partial charge in [-0.3, -0.25) is 0 Å². The highest BCUT2D eigenvalue weighted by Gasteiger charge is 2.21. The number of hydrogen-bond donors (Lipinski definition) is 1. The smallest absolute Gasteiger partial charge is 0.194 e. The zero-order valence-electron chi connectivity index (χ0n) is 20.5. The molecule has 4 rings (SSSR count). The highest BCUT2D eigenvalue weighted by Crippen LogP contribution is 2.33. The molecule has 1 N–H and O–H groups in total. The van der Waals surface area contributed by atoms with Gasteiger partial charge in [-0.05, 0) is 68.1 Å². The number of aromatic nitrogens is 3. The van der Waals surface area contributed by atoms with E-state index in [1.165, 1.54) is 11.1 Å². The molecule has 34 heavy (non-hydrogen) atoms. The molecule has 0 atom stereocenters. The van der Waals surface area contributed by atoms with E-state index < -0.39 is 0 Å². The molecular weight excluding hydrogens is 543 g/mol. The number of aryl methyl sites for hydroxylation is 2. The molecule has 8 nitrogen and oxygen atoms in total. The van der Waals surface area contributed by atoms with Gasteiger partial charge in [-0.25, -0.2) is 14.7 Å². The maximum Gasteiger partial charge on any atom is 0.194 e. The standard InChI is InChI=1S/C25H32N6O2.HI/c1-6-26-25(30-10-9-20-12-22(32-4)23(33-5)13-21(20)16-30)28-15-19-7-8-24(27-14-19)31-18(3)11-17(2)29-31;/h7-8,11-14H,6,9-10,15-16H2,1-5H3,(H,26,28);1H. The Morgan fingerprint density at radius 3 is 2.41 bits per heavy atom. The number of nitrogens with zero attached hydrogens (tertiary/aromatic N) is 5. The number of fused-ring (bicyclic) bond motifs is 1. The van der Waals surface area contributed by atoms with Crippen LogP contribution in [0.15, 0.2) is 41.5 Å². The van der Waals surface area contributed by atoms with Gasteiger partial charge in [0.1, 0.15) is 0 Å². The summed E-state index contributed by atoms with van der Waals surface area (Å²) in [7, 11) is 3.35. The first-order valence-electron chi connectivity index (χ1n) is 11.3. The van der Waals surface area contributed by atoms with Crippen molar-refractivity contribution in [2.75, 3.05) is 27.3 Å². The molecule has 9 heteroatoms. The van der Waals surface area contributed by atoms with Crippen LogP contribution in [0.1, 0.15) is 35.0 Å². The summed E-state index contributed by atoms with van der Waals surface area (Å²) < 4.78 is 12.8. The minimum Gasteiger partial charge on any atom is -0.493 e. The third-order valence-corrected chi connectivity index (χ3v) is 5.80. The molecule has 182 valence electrons. The van der Waals surface area contributed by atoms with Crippen molar-refractivity contribution in [1.82, 2.24) is 25.0 Å². The van der Waals surface area contributed by atoms with Gasteiger partial charge in [-0.15, -0.1) is 24.0 Å². The predicted octanol–water partition coefficient (Wildman–Crippen LogP) is 4.04. The second-order valence-electron chi connectivity index (χ2n) is 8.18. The lowest BCUT2D eigenvalue weighted by Gasteiger charge is -2.32. The van der Waals surface area contributed by atoms with Crippen LogP contribution in [-0.4, -0.2) is 52.9 Å². The molecule has 3 aromatic rings. The number of benzene rings is 1. The van der Waals surface area contributed by atoms with Crippen molar-refractivity contribution >= 4 is 29.9 Å². The van der Waals surface area contributed by atoms with Crippen molar-refractivity contribution in [3.63, 3.8) is 0 Å². The van der Waals surface area contributed by atoms with Crippen molar-refractivity contribution in [2.45, 2.75) is 40.3 Å². The van der Waals surface area contributed by atoms with E-state index in [9.17, 15) is 0 Å². The Balaban J connectivity index is 0.00000324. The van der Waals surface area contributed by atoms with Gasteiger partial charge in [0.05, 0.1) is 26.5 Å². The Hall–Kier alpha value is -2.82. The Kier molecular flexibility index (Phi) is 8.76. The van der Waals surface area contributed by atoms with Crippen LogP contribution in [0.3, 0.4) is 0 Å². The van der Waals surface area contributed by atoms with Gasteiger partial charge in [0.2, 0.25) is 0 Å². The number of pyridine rings is 1. The maximum absolute atomic E-state index is 5.50. The number of methoxy groups -OCH3 is 2. The van der Waals surface area contributed by atoms with Gasteiger partial charge in [0.15, 0.2) is 23.3 Å². The number of rotatable bonds is 6. The van der Waals surface area contributed by atoms with Crippen LogP contribution < -0.4 is 14.8 Å². The molecular formula is C25H33IN6O2. The molecule has 3 heterocycles. The first kappa shape index (κ1) is 25.8. The molecule has 0 amide bonds. The maximum atomic E-state index is 5.50. The van der Waals surface area contributed by atoms with Crippen LogP contribution in [-0.2, 0) is 19.5 Å². The molecule has 0 unspecified atom stereocenters. The van der Waals surface area contributed by atoms with Gasteiger partial charge < -0.3 is 19.7 Å². The number of ether oxygens (including phenoxy) is 2. The summed E-state index contributed by atoms with van der Waals surface area (Å²) in [5.41, 5.74) is 5.64. The van der Waals surface area contributed by atoms with E-state index in [1.54, 1.807) is 14.2 Å². The van der Waals surface area contributed by atoms with Crippen LogP contribution in [0.2, 0.25) is 0 Å². The molecule has 0 saturated heterocycles. The van der Waals surface area contributed by atoms with E-state index in [0.717, 1.165) is 66.3 Å². The number of guanidine groups is 1. The predicted molar refractivity (Wildman–Crippen MR) is 145 cm³/mol. The minimum atomic E-state index is 0. The quantitative estimate of drug-likeness (QED) is 0.271. The average Bonchev–Trinajstić information content (AvgIpc) is 3.18. The second-order valence-corrected chi connectivity index (χ2v) is 8.18. The molecule has 1 aliphatic heterocycles. The largest absolute Gasteiger partial charge is 0.493 e. The van der Waals surface area contributed by atoms with Crippen molar-refractivity contribution in [1.29, 1.82) is 0 Å². The minimum absolute atomic E-state index is 0. The Morgan fingerprint density at radius 2 is 1.82 bits per heavy atom. The van der Waals surface area contributed by atoms with Gasteiger partial charge in [0.25, 0.3) is 0 Å². The summed E-state index contributed by atoms with van der Waals surface area (Å²) in [5.74, 6) is 3.26. The lowest BCUT2D eigenvalue weighted by atomic mass is 9.99. The molecule has 2 aromatic heterocycles. The summed E-state index contributed by atoms with van der Waals surface area (Å²) in [6.45, 7) is 9.14. The third-order valence-electron chi connectivity index (χ3n) is 5.80. The number of aliphatic imine (C=N–C) groups is 1. The molecule has 0 radical (unpaired) electrons. The van der Waals surface area contributed by atoms with Gasteiger partial charge in [-0.1, -0.05) is 6.07 Å². The highest BCUT2D eigenvalue weighted by atomic mass is 127. The highest BCUT2D eigenvalue weighted by molar-refractivity contribution is 14.0. The van der Waals surface area contributed by atoms with Crippen molar-refractivity contribution in [3.05, 3.63) is 64.6 Å². The molecule has 1 aliphatic rings. The monoisotopic (exact) mass is 576 g/mol. The molecule has 0 spiro atoms. The van der Waals surface area contributed by atoms with Crippen LogP contribution >= 0.6 is 24.0 Å². The fraction of sp³-hybridized carbons (Fsp3) is 0.400. The molecule has 0 fully saturated rings. The van der Waals surface area contributed by atoms with Crippen molar-refractivity contribution in [2.24, 2.45) is 4.99 Å². The first-order valence-corrected chi connectivity index (χ1v) is 11.3. The molecule has 1 aromatic carbocycles. The third kappa shape index (κ3) is 5.63. The normalized spacial score (nSPS) is 13.2. The van der Waals surface area contributed by atoms with E-state index >= 15 is 0 Å². The van der Waals surface area contributed by atoms with E-state index in [2.05, 4.69) is 45.4 Å². The number of hydrogen-bond acceptors (Lipinski definition) is 5. The van der Waals surface area contributed by atoms with E-state index in [4.69, 9.17) is 14.5 Å². The van der Waals surface area contributed by atoms with E-state index in [1.807, 2.05) is 36.9 Å². The molecule has 0 saturated carbocycles. The van der Waals surface area contributed by atoms with Crippen LogP contribution in [0.5, 0.6) is 11.5 Å². The fourth-order valence-corrected chi connectivity index (χ4v) is 4.15. The summed E-state index contributed by atoms with van der Waals surface area (Å²) in [5, 5.41) is 7.94. The van der Waals surface area contributed by atoms with E-state index in [0.29, 0.717) is 6.54 Å². The summed E-state index contributed by atoms with van der Waals surface area (Å²) in [6.07, 6.45) is 2.81. The number of halogens is 1. The summed E-state index contributed by atoms with van der Waals surface area (Å²) in [6, 6.07) is 10.3. The van der Waals surface area contributed by atoms with Crippen molar-refractivity contribution < 1.29 is 9.47 Å².